The Kier molecular flexibility index (Phi) is 8.86. The van der Waals surface area contributed by atoms with Crippen LogP contribution in [0.4, 0.5) is 0 Å². The molecule has 0 aliphatic rings. The van der Waals surface area contributed by atoms with E-state index in [1.165, 1.54) is 0 Å². The largest absolute Gasteiger partial charge is 0.493 e. The number of thioether (sulfide) groups is 1. The number of H-pyrrole nitrogens is 1. The second-order valence-corrected chi connectivity index (χ2v) is 8.55. The lowest BCUT2D eigenvalue weighted by Crippen LogP contribution is -2.25. The van der Waals surface area contributed by atoms with Crippen molar-refractivity contribution < 1.29 is 19.0 Å². The number of allylic oxidation sites excluding steroid dienone is 1. The van der Waals surface area contributed by atoms with Crippen LogP contribution >= 0.6 is 11.8 Å². The van der Waals surface area contributed by atoms with E-state index in [4.69, 9.17) is 14.2 Å². The summed E-state index contributed by atoms with van der Waals surface area (Å²) < 4.78 is 16.3. The zero-order valence-electron chi connectivity index (χ0n) is 19.9. The quantitative estimate of drug-likeness (QED) is 0.280. The number of hydrogen-bond donors (Lipinski definition) is 1. The lowest BCUT2D eigenvalue weighted by molar-refractivity contribution is 0.104. The smallest absolute Gasteiger partial charge is 0.203 e. The van der Waals surface area contributed by atoms with Gasteiger partial charge in [0, 0.05) is 40.5 Å². The van der Waals surface area contributed by atoms with Crippen LogP contribution in [-0.4, -0.2) is 62.4 Å². The first-order valence-electron chi connectivity index (χ1n) is 11.0. The van der Waals surface area contributed by atoms with Crippen molar-refractivity contribution in [1.82, 2.24) is 9.88 Å². The topological polar surface area (TPSA) is 63.8 Å². The molecular formula is C26H32N2O4S. The van der Waals surface area contributed by atoms with E-state index in [0.717, 1.165) is 41.9 Å². The molecule has 176 valence electrons. The van der Waals surface area contributed by atoms with Gasteiger partial charge in [-0.2, -0.15) is 0 Å². The second-order valence-electron chi connectivity index (χ2n) is 7.42. The molecule has 0 saturated carbocycles. The van der Waals surface area contributed by atoms with Crippen molar-refractivity contribution in [2.45, 2.75) is 13.8 Å². The van der Waals surface area contributed by atoms with Gasteiger partial charge < -0.3 is 24.1 Å². The van der Waals surface area contributed by atoms with E-state index in [0.29, 0.717) is 27.7 Å². The summed E-state index contributed by atoms with van der Waals surface area (Å²) in [6.07, 6.45) is 3.91. The summed E-state index contributed by atoms with van der Waals surface area (Å²) in [5.41, 5.74) is 2.51. The summed E-state index contributed by atoms with van der Waals surface area (Å²) in [5, 5.41) is 1.08. The Balaban J connectivity index is 2.00. The number of nitrogens with zero attached hydrogens (tertiary/aromatic N) is 1. The van der Waals surface area contributed by atoms with E-state index in [9.17, 15) is 4.79 Å². The number of aromatic nitrogens is 1. The summed E-state index contributed by atoms with van der Waals surface area (Å²) in [6, 6.07) is 11.5. The zero-order valence-corrected chi connectivity index (χ0v) is 20.8. The van der Waals surface area contributed by atoms with E-state index in [1.54, 1.807) is 45.2 Å². The van der Waals surface area contributed by atoms with Crippen molar-refractivity contribution in [2.75, 3.05) is 46.7 Å². The minimum Gasteiger partial charge on any atom is -0.493 e. The molecule has 0 amide bonds. The fourth-order valence-electron chi connectivity index (χ4n) is 3.71. The van der Waals surface area contributed by atoms with Crippen LogP contribution in [0.15, 0.2) is 47.5 Å². The Morgan fingerprint density at radius 1 is 1.03 bits per heavy atom. The highest BCUT2D eigenvalue weighted by molar-refractivity contribution is 8.04. The molecule has 0 fully saturated rings. The molecule has 7 heteroatoms. The molecule has 33 heavy (non-hydrogen) atoms. The molecule has 2 aromatic carbocycles. The summed E-state index contributed by atoms with van der Waals surface area (Å²) >= 11 is 1.57. The van der Waals surface area contributed by atoms with Crippen LogP contribution < -0.4 is 14.2 Å². The number of hydrogen-bond acceptors (Lipinski definition) is 6. The molecule has 1 heterocycles. The maximum absolute atomic E-state index is 13.7. The lowest BCUT2D eigenvalue weighted by Gasteiger charge is -2.18. The predicted molar refractivity (Wildman–Crippen MR) is 137 cm³/mol. The molecule has 3 rings (SSSR count). The zero-order chi connectivity index (χ0) is 23.8. The molecule has 0 saturated heterocycles. The number of para-hydroxylation sites is 1. The van der Waals surface area contributed by atoms with Gasteiger partial charge in [0.25, 0.3) is 0 Å². The Morgan fingerprint density at radius 2 is 1.70 bits per heavy atom. The fraction of sp³-hybridized carbons (Fsp3) is 0.346. The number of aromatic amines is 1. The third-order valence-electron chi connectivity index (χ3n) is 5.62. The summed E-state index contributed by atoms with van der Waals surface area (Å²) in [6.45, 7) is 7.18. The maximum atomic E-state index is 13.7. The number of rotatable bonds is 12. The molecule has 0 unspecified atom stereocenters. The molecule has 0 radical (unpaired) electrons. The number of methoxy groups -OCH3 is 3. The molecule has 0 aliphatic carbocycles. The summed E-state index contributed by atoms with van der Waals surface area (Å²) in [4.78, 5) is 20.0. The van der Waals surface area contributed by atoms with Crippen molar-refractivity contribution in [1.29, 1.82) is 0 Å². The van der Waals surface area contributed by atoms with Crippen LogP contribution in [-0.2, 0) is 0 Å². The van der Waals surface area contributed by atoms with Crippen molar-refractivity contribution in [3.05, 3.63) is 58.6 Å². The summed E-state index contributed by atoms with van der Waals surface area (Å²) in [7, 11) is 4.65. The number of nitrogens with one attached hydrogen (secondary N) is 1. The molecule has 0 atom stereocenters. The van der Waals surface area contributed by atoms with Gasteiger partial charge in [-0.1, -0.05) is 32.0 Å². The Bertz CT molecular complexity index is 1090. The second kappa shape index (κ2) is 11.8. The Labute approximate surface area is 199 Å². The summed E-state index contributed by atoms with van der Waals surface area (Å²) in [5.74, 6) is 2.11. The average molecular weight is 469 g/mol. The van der Waals surface area contributed by atoms with E-state index < -0.39 is 0 Å². The van der Waals surface area contributed by atoms with Gasteiger partial charge in [-0.05, 0) is 37.4 Å². The maximum Gasteiger partial charge on any atom is 0.203 e. The van der Waals surface area contributed by atoms with E-state index in [-0.39, 0.29) is 5.78 Å². The molecule has 6 nitrogen and oxygen atoms in total. The average Bonchev–Trinajstić information content (AvgIpc) is 3.27. The van der Waals surface area contributed by atoms with Crippen LogP contribution in [0.25, 0.3) is 17.0 Å². The number of ether oxygens (including phenoxy) is 3. The Hall–Kier alpha value is -2.90. The number of ketones is 1. The number of carbonyl (C=O) groups is 1. The van der Waals surface area contributed by atoms with Crippen LogP contribution in [0.3, 0.4) is 0 Å². The number of fused-ring (bicyclic) bond motifs is 1. The highest BCUT2D eigenvalue weighted by Crippen LogP contribution is 2.39. The van der Waals surface area contributed by atoms with Crippen LogP contribution in [0.2, 0.25) is 0 Å². The molecular weight excluding hydrogens is 436 g/mol. The third-order valence-corrected chi connectivity index (χ3v) is 6.62. The van der Waals surface area contributed by atoms with Gasteiger partial charge in [-0.15, -0.1) is 11.8 Å². The van der Waals surface area contributed by atoms with E-state index in [2.05, 4.69) is 29.8 Å². The number of Topliss-reactive ketones (excluding diaryl/α,β-unsaturated/α-hetero) is 1. The first-order valence-corrected chi connectivity index (χ1v) is 12.0. The molecule has 1 aromatic heterocycles. The standard InChI is InChI=1S/C26H32N2O4S/c1-6-28(7-2)12-13-33-24(16-19-17-27-21-11-9-8-10-20(19)21)25(29)18-14-22(30-3)26(32-5)23(15-18)31-4/h8-11,14-17,27H,6-7,12-13H2,1-5H3/b24-16+. The van der Waals surface area contributed by atoms with Crippen LogP contribution in [0.1, 0.15) is 29.8 Å². The molecule has 0 aliphatic heterocycles. The molecule has 0 bridgehead atoms. The normalized spacial score (nSPS) is 11.8. The van der Waals surface area contributed by atoms with Gasteiger partial charge in [-0.3, -0.25) is 4.79 Å². The lowest BCUT2D eigenvalue weighted by atomic mass is 10.1. The van der Waals surface area contributed by atoms with Crippen LogP contribution in [0.5, 0.6) is 17.2 Å². The van der Waals surface area contributed by atoms with Gasteiger partial charge in [0.15, 0.2) is 17.3 Å². The van der Waals surface area contributed by atoms with Gasteiger partial charge >= 0.3 is 0 Å². The molecule has 1 N–H and O–H groups in total. The number of benzene rings is 2. The third kappa shape index (κ3) is 5.72. The first kappa shape index (κ1) is 24.7. The van der Waals surface area contributed by atoms with Gasteiger partial charge in [0.05, 0.1) is 26.2 Å². The van der Waals surface area contributed by atoms with Gasteiger partial charge in [0.2, 0.25) is 5.75 Å². The molecule has 0 spiro atoms. The molecule has 3 aromatic rings. The van der Waals surface area contributed by atoms with Gasteiger partial charge in [0.1, 0.15) is 0 Å². The van der Waals surface area contributed by atoms with Crippen LogP contribution in [0, 0.1) is 0 Å². The van der Waals surface area contributed by atoms with E-state index in [1.807, 2.05) is 30.5 Å². The first-order chi connectivity index (χ1) is 16.1. The van der Waals surface area contributed by atoms with Crippen molar-refractivity contribution in [2.24, 2.45) is 0 Å². The fourth-order valence-corrected chi connectivity index (χ4v) is 4.73. The number of carbonyl (C=O) groups excluding carboxylic acids is 1. The van der Waals surface area contributed by atoms with Crippen molar-refractivity contribution >= 4 is 34.5 Å². The highest BCUT2D eigenvalue weighted by atomic mass is 32.2. The van der Waals surface area contributed by atoms with Crippen molar-refractivity contribution in [3.63, 3.8) is 0 Å². The minimum absolute atomic E-state index is 0.0796. The predicted octanol–water partition coefficient (Wildman–Crippen LogP) is 5.49. The van der Waals surface area contributed by atoms with E-state index >= 15 is 0 Å². The minimum atomic E-state index is -0.0796. The SMILES string of the molecule is CCN(CC)CCS/C(=C/c1c[nH]c2ccccc12)C(=O)c1cc(OC)c(OC)c(OC)c1. The Morgan fingerprint density at radius 3 is 2.30 bits per heavy atom. The van der Waals surface area contributed by atoms with Gasteiger partial charge in [-0.25, -0.2) is 0 Å². The highest BCUT2D eigenvalue weighted by Gasteiger charge is 2.20. The van der Waals surface area contributed by atoms with Crippen molar-refractivity contribution in [3.8, 4) is 17.2 Å². The monoisotopic (exact) mass is 468 g/mol.